The second-order valence-corrected chi connectivity index (χ2v) is 9.28. The van der Waals surface area contributed by atoms with Crippen molar-refractivity contribution in [2.45, 2.75) is 4.90 Å². The fourth-order valence-electron chi connectivity index (χ4n) is 2.03. The van der Waals surface area contributed by atoms with Crippen molar-refractivity contribution in [3.05, 3.63) is 60.8 Å². The van der Waals surface area contributed by atoms with E-state index in [1.165, 1.54) is 11.3 Å². The highest BCUT2D eigenvalue weighted by Gasteiger charge is 2.17. The summed E-state index contributed by atoms with van der Waals surface area (Å²) in [7, 11) is 0. The quantitative estimate of drug-likeness (QED) is 0.360. The number of halogens is 3. The normalized spacial score (nSPS) is 10.7. The van der Waals surface area contributed by atoms with Gasteiger partial charge in [-0.25, -0.2) is 4.98 Å². The van der Waals surface area contributed by atoms with Crippen molar-refractivity contribution in [1.29, 1.82) is 0 Å². The molecule has 3 nitrogen and oxygen atoms in total. The van der Waals surface area contributed by atoms with Gasteiger partial charge in [0.05, 0.1) is 15.0 Å². The topological polar surface area (TPSA) is 42.0 Å². The minimum Gasteiger partial charge on any atom is -0.298 e. The third kappa shape index (κ3) is 3.94. The largest absolute Gasteiger partial charge is 0.298 e. The number of amides is 1. The summed E-state index contributed by atoms with van der Waals surface area (Å²) in [5.74, 6) is -0.261. The molecular formula is C16H9Br3N2OS2. The first-order valence-corrected chi connectivity index (χ1v) is 10.3. The number of benzene rings is 2. The number of rotatable bonds is 3. The highest BCUT2D eigenvalue weighted by Crippen LogP contribution is 2.36. The van der Waals surface area contributed by atoms with Gasteiger partial charge in [-0.3, -0.25) is 10.1 Å². The van der Waals surface area contributed by atoms with Gasteiger partial charge in [-0.15, -0.1) is 12.6 Å². The van der Waals surface area contributed by atoms with E-state index in [4.69, 9.17) is 0 Å². The second-order valence-electron chi connectivity index (χ2n) is 4.75. The van der Waals surface area contributed by atoms with Crippen LogP contribution < -0.4 is 5.32 Å². The van der Waals surface area contributed by atoms with E-state index in [2.05, 4.69) is 70.7 Å². The molecular weight excluding hydrogens is 540 g/mol. The molecule has 24 heavy (non-hydrogen) atoms. The first-order chi connectivity index (χ1) is 11.5. The molecule has 0 spiro atoms. The lowest BCUT2D eigenvalue weighted by molar-refractivity contribution is 0.102. The fraction of sp³-hybridized carbons (Fsp3) is 0. The van der Waals surface area contributed by atoms with Crippen molar-refractivity contribution >= 4 is 82.8 Å². The van der Waals surface area contributed by atoms with Crippen molar-refractivity contribution in [1.82, 2.24) is 4.98 Å². The average Bonchev–Trinajstić information content (AvgIpc) is 2.92. The Balaban J connectivity index is 1.89. The molecule has 1 N–H and O–H groups in total. The summed E-state index contributed by atoms with van der Waals surface area (Å²) in [4.78, 5) is 17.6. The first-order valence-electron chi connectivity index (χ1n) is 6.67. The lowest BCUT2D eigenvalue weighted by Crippen LogP contribution is -2.12. The smallest absolute Gasteiger partial charge is 0.258 e. The van der Waals surface area contributed by atoms with Crippen LogP contribution >= 0.6 is 71.8 Å². The minimum absolute atomic E-state index is 0.261. The summed E-state index contributed by atoms with van der Waals surface area (Å²) in [5, 5.41) is 3.36. The minimum atomic E-state index is -0.261. The van der Waals surface area contributed by atoms with Crippen LogP contribution in [0.3, 0.4) is 0 Å². The zero-order valence-electron chi connectivity index (χ0n) is 11.9. The van der Waals surface area contributed by atoms with Crippen LogP contribution in [0.15, 0.2) is 60.1 Å². The number of nitrogens with one attached hydrogen (secondary N) is 1. The second kappa shape index (κ2) is 7.70. The zero-order valence-corrected chi connectivity index (χ0v) is 18.4. The average molecular weight is 549 g/mol. The molecule has 1 heterocycles. The molecule has 2 aromatic carbocycles. The molecule has 0 saturated carbocycles. The van der Waals surface area contributed by atoms with Gasteiger partial charge >= 0.3 is 0 Å². The molecule has 3 aromatic rings. The van der Waals surface area contributed by atoms with Crippen molar-refractivity contribution in [2.75, 3.05) is 5.32 Å². The molecule has 0 saturated heterocycles. The Bertz CT molecular complexity index is 913. The zero-order chi connectivity index (χ0) is 17.3. The lowest BCUT2D eigenvalue weighted by atomic mass is 10.2. The molecule has 1 amide bonds. The Hall–Kier alpha value is -0.670. The van der Waals surface area contributed by atoms with Crippen LogP contribution in [0.5, 0.6) is 0 Å². The van der Waals surface area contributed by atoms with Crippen LogP contribution in [0.4, 0.5) is 5.13 Å². The third-order valence-corrected chi connectivity index (χ3v) is 6.62. The maximum atomic E-state index is 12.5. The summed E-state index contributed by atoms with van der Waals surface area (Å²) in [6.45, 7) is 0. The number of hydrogen-bond donors (Lipinski definition) is 2. The third-order valence-electron chi connectivity index (χ3n) is 3.13. The SMILES string of the molecule is O=C(Nc1nc(-c2ccccc2)c(Br)s1)c1cc(Br)cc(Br)c1S. The van der Waals surface area contributed by atoms with Crippen LogP contribution in [-0.2, 0) is 0 Å². The highest BCUT2D eigenvalue weighted by molar-refractivity contribution is 9.11. The predicted octanol–water partition coefficient (Wildman–Crippen LogP) is 6.64. The summed E-state index contributed by atoms with van der Waals surface area (Å²) < 4.78 is 2.41. The van der Waals surface area contributed by atoms with Gasteiger partial charge in [-0.2, -0.15) is 0 Å². The van der Waals surface area contributed by atoms with Gasteiger partial charge in [0.25, 0.3) is 5.91 Å². The number of carbonyl (C=O) groups is 1. The molecule has 0 bridgehead atoms. The molecule has 3 rings (SSSR count). The van der Waals surface area contributed by atoms with Crippen LogP contribution in [0.1, 0.15) is 10.4 Å². The molecule has 0 aliphatic rings. The summed E-state index contributed by atoms with van der Waals surface area (Å²) >= 11 is 16.0. The summed E-state index contributed by atoms with van der Waals surface area (Å²) in [5.41, 5.74) is 2.26. The Morgan fingerprint density at radius 1 is 1.12 bits per heavy atom. The fourth-order valence-corrected chi connectivity index (χ4v) is 4.98. The number of nitrogens with zero attached hydrogens (tertiary/aromatic N) is 1. The summed E-state index contributed by atoms with van der Waals surface area (Å²) in [6, 6.07) is 13.4. The van der Waals surface area contributed by atoms with E-state index in [9.17, 15) is 4.79 Å². The summed E-state index contributed by atoms with van der Waals surface area (Å²) in [6.07, 6.45) is 0. The molecule has 0 aliphatic carbocycles. The predicted molar refractivity (Wildman–Crippen MR) is 112 cm³/mol. The monoisotopic (exact) mass is 546 g/mol. The molecule has 1 aromatic heterocycles. The van der Waals surface area contributed by atoms with E-state index in [0.29, 0.717) is 15.6 Å². The standard InChI is InChI=1S/C16H9Br3N2OS2/c17-9-6-10(13(23)11(18)7-9)15(22)21-16-20-12(14(19)24-16)8-4-2-1-3-5-8/h1-7,23H,(H,20,21,22). The highest BCUT2D eigenvalue weighted by atomic mass is 79.9. The number of aromatic nitrogens is 1. The number of thiazole rings is 1. The Morgan fingerprint density at radius 2 is 1.83 bits per heavy atom. The molecule has 0 radical (unpaired) electrons. The molecule has 0 atom stereocenters. The van der Waals surface area contributed by atoms with Gasteiger partial charge in [-0.05, 0) is 44.0 Å². The molecule has 0 aliphatic heterocycles. The van der Waals surface area contributed by atoms with Gasteiger partial charge < -0.3 is 0 Å². The van der Waals surface area contributed by atoms with Gasteiger partial charge in [0.15, 0.2) is 5.13 Å². The van der Waals surface area contributed by atoms with Crippen LogP contribution in [0.25, 0.3) is 11.3 Å². The molecule has 122 valence electrons. The van der Waals surface area contributed by atoms with Gasteiger partial charge in [0, 0.05) is 19.4 Å². The van der Waals surface area contributed by atoms with E-state index in [1.54, 1.807) is 6.07 Å². The van der Waals surface area contributed by atoms with Gasteiger partial charge in [0.1, 0.15) is 0 Å². The lowest BCUT2D eigenvalue weighted by Gasteiger charge is -2.07. The number of thiol groups is 1. The van der Waals surface area contributed by atoms with E-state index >= 15 is 0 Å². The number of anilines is 1. The molecule has 0 unspecified atom stereocenters. The van der Waals surface area contributed by atoms with E-state index in [-0.39, 0.29) is 5.91 Å². The van der Waals surface area contributed by atoms with Crippen molar-refractivity contribution in [2.24, 2.45) is 0 Å². The van der Waals surface area contributed by atoms with Crippen molar-refractivity contribution in [3.63, 3.8) is 0 Å². The van der Waals surface area contributed by atoms with Gasteiger partial charge in [-0.1, -0.05) is 57.6 Å². The van der Waals surface area contributed by atoms with E-state index in [1.807, 2.05) is 36.4 Å². The van der Waals surface area contributed by atoms with Crippen LogP contribution in [-0.4, -0.2) is 10.9 Å². The number of carbonyl (C=O) groups excluding carboxylic acids is 1. The molecule has 8 heteroatoms. The maximum absolute atomic E-state index is 12.5. The van der Waals surface area contributed by atoms with E-state index < -0.39 is 0 Å². The Kier molecular flexibility index (Phi) is 5.82. The van der Waals surface area contributed by atoms with Crippen LogP contribution in [0.2, 0.25) is 0 Å². The maximum Gasteiger partial charge on any atom is 0.258 e. The molecule has 0 fully saturated rings. The van der Waals surface area contributed by atoms with Gasteiger partial charge in [0.2, 0.25) is 0 Å². The Morgan fingerprint density at radius 3 is 2.54 bits per heavy atom. The number of hydrogen-bond acceptors (Lipinski definition) is 4. The Labute approximate surface area is 173 Å². The first kappa shape index (κ1) is 18.1. The van der Waals surface area contributed by atoms with E-state index in [0.717, 1.165) is 24.0 Å². The van der Waals surface area contributed by atoms with Crippen LogP contribution in [0, 0.1) is 0 Å². The van der Waals surface area contributed by atoms with Crippen molar-refractivity contribution < 1.29 is 4.79 Å². The van der Waals surface area contributed by atoms with Crippen molar-refractivity contribution in [3.8, 4) is 11.3 Å².